The molecule has 1 aromatic heterocycles. The number of nitrogens with one attached hydrogen (secondary N) is 1. The molecule has 3 aromatic rings. The molecule has 3 rings (SSSR count). The van der Waals surface area contributed by atoms with Crippen LogP contribution in [0.25, 0.3) is 11.1 Å². The highest BCUT2D eigenvalue weighted by Crippen LogP contribution is 2.27. The summed E-state index contributed by atoms with van der Waals surface area (Å²) in [7, 11) is -3.74. The van der Waals surface area contributed by atoms with Gasteiger partial charge in [-0.1, -0.05) is 42.5 Å². The van der Waals surface area contributed by atoms with Crippen LogP contribution in [0.15, 0.2) is 70.9 Å². The highest BCUT2D eigenvalue weighted by atomic mass is 32.2. The zero-order valence-corrected chi connectivity index (χ0v) is 18.1. The van der Waals surface area contributed by atoms with Crippen molar-refractivity contribution in [2.45, 2.75) is 25.2 Å². The second-order valence-corrected chi connectivity index (χ2v) is 9.18. The van der Waals surface area contributed by atoms with Gasteiger partial charge in [0.2, 0.25) is 5.91 Å². The number of benzene rings is 2. The van der Waals surface area contributed by atoms with Crippen molar-refractivity contribution in [3.63, 3.8) is 0 Å². The molecular weight excluding hydrogens is 404 g/mol. The van der Waals surface area contributed by atoms with Crippen LogP contribution in [0, 0.1) is 0 Å². The van der Waals surface area contributed by atoms with Crippen molar-refractivity contribution in [2.24, 2.45) is 0 Å². The Morgan fingerprint density at radius 3 is 2.17 bits per heavy atom. The number of hydrogen-bond acceptors (Lipinski definition) is 4. The maximum Gasteiger partial charge on any atom is 0.261 e. The largest absolute Gasteiger partial charge is 0.343 e. The van der Waals surface area contributed by atoms with Crippen LogP contribution in [0.5, 0.6) is 0 Å². The lowest BCUT2D eigenvalue weighted by atomic mass is 10.1. The van der Waals surface area contributed by atoms with Gasteiger partial charge in [0, 0.05) is 18.0 Å². The Bertz CT molecular complexity index is 1050. The molecule has 0 bridgehead atoms. The van der Waals surface area contributed by atoms with Crippen LogP contribution in [0.2, 0.25) is 0 Å². The molecule has 0 fully saturated rings. The summed E-state index contributed by atoms with van der Waals surface area (Å²) in [5, 5.41) is 1.79. The summed E-state index contributed by atoms with van der Waals surface area (Å²) in [5.74, 6) is -0.00916. The van der Waals surface area contributed by atoms with E-state index in [-0.39, 0.29) is 17.2 Å². The maximum absolute atomic E-state index is 12.8. The second-order valence-electron chi connectivity index (χ2n) is 6.50. The van der Waals surface area contributed by atoms with E-state index in [1.165, 1.54) is 11.3 Å². The van der Waals surface area contributed by atoms with E-state index in [0.717, 1.165) is 11.1 Å². The van der Waals surface area contributed by atoms with Gasteiger partial charge >= 0.3 is 0 Å². The number of likely N-dealkylation sites (N-methyl/N-ethyl adjacent to an activating group) is 1. The summed E-state index contributed by atoms with van der Waals surface area (Å²) in [6.07, 6.45) is 0.185. The van der Waals surface area contributed by atoms with Crippen molar-refractivity contribution in [3.8, 4) is 11.1 Å². The number of nitrogens with zero attached hydrogens (tertiary/aromatic N) is 1. The molecule has 0 saturated carbocycles. The Balaban J connectivity index is 1.77. The summed E-state index contributed by atoms with van der Waals surface area (Å²) in [5.41, 5.74) is 2.44. The van der Waals surface area contributed by atoms with Gasteiger partial charge in [-0.3, -0.25) is 9.52 Å². The fourth-order valence-corrected chi connectivity index (χ4v) is 5.03. The average Bonchev–Trinajstić information content (AvgIpc) is 3.15. The predicted octanol–water partition coefficient (Wildman–Crippen LogP) is 4.63. The second kappa shape index (κ2) is 9.24. The van der Waals surface area contributed by atoms with Gasteiger partial charge in [-0.15, -0.1) is 11.3 Å². The quantitative estimate of drug-likeness (QED) is 0.569. The summed E-state index contributed by atoms with van der Waals surface area (Å²) in [6.45, 7) is 5.13. The number of thiophene rings is 1. The molecule has 0 aliphatic carbocycles. The monoisotopic (exact) mass is 428 g/mol. The third-order valence-corrected chi connectivity index (χ3v) is 6.99. The van der Waals surface area contributed by atoms with Crippen LogP contribution in [0.1, 0.15) is 18.7 Å². The van der Waals surface area contributed by atoms with Crippen LogP contribution in [0.4, 0.5) is 5.69 Å². The molecule has 0 spiro atoms. The van der Waals surface area contributed by atoms with Gasteiger partial charge < -0.3 is 4.90 Å². The lowest BCUT2D eigenvalue weighted by Crippen LogP contribution is -2.31. The van der Waals surface area contributed by atoms with Gasteiger partial charge in [-0.25, -0.2) is 8.42 Å². The van der Waals surface area contributed by atoms with Gasteiger partial charge in [-0.2, -0.15) is 0 Å². The zero-order valence-electron chi connectivity index (χ0n) is 16.5. The minimum absolute atomic E-state index is 0.00916. The van der Waals surface area contributed by atoms with E-state index in [2.05, 4.69) is 4.72 Å². The molecule has 0 aliphatic heterocycles. The maximum atomic E-state index is 12.8. The molecule has 0 unspecified atom stereocenters. The number of carbonyl (C=O) groups is 1. The van der Waals surface area contributed by atoms with Crippen molar-refractivity contribution in [1.29, 1.82) is 0 Å². The lowest BCUT2D eigenvalue weighted by molar-refractivity contribution is -0.130. The Morgan fingerprint density at radius 2 is 1.55 bits per heavy atom. The van der Waals surface area contributed by atoms with E-state index in [0.29, 0.717) is 23.7 Å². The SMILES string of the molecule is CCN(CC)C(=O)Cc1sccc1NS(=O)(=O)c1ccc(-c2ccccc2)cc1. The summed E-state index contributed by atoms with van der Waals surface area (Å²) in [4.78, 5) is 15.0. The zero-order chi connectivity index (χ0) is 20.9. The minimum atomic E-state index is -3.74. The first-order valence-corrected chi connectivity index (χ1v) is 11.8. The smallest absolute Gasteiger partial charge is 0.261 e. The van der Waals surface area contributed by atoms with Crippen molar-refractivity contribution >= 4 is 33.0 Å². The Morgan fingerprint density at radius 1 is 0.931 bits per heavy atom. The van der Waals surface area contributed by atoms with Crippen LogP contribution >= 0.6 is 11.3 Å². The molecule has 5 nitrogen and oxygen atoms in total. The van der Waals surface area contributed by atoms with E-state index < -0.39 is 10.0 Å². The molecule has 0 saturated heterocycles. The highest BCUT2D eigenvalue weighted by Gasteiger charge is 2.19. The van der Waals surface area contributed by atoms with Crippen molar-refractivity contribution < 1.29 is 13.2 Å². The summed E-state index contributed by atoms with van der Waals surface area (Å²) < 4.78 is 28.3. The molecule has 7 heteroatoms. The van der Waals surface area contributed by atoms with Crippen LogP contribution in [0.3, 0.4) is 0 Å². The van der Waals surface area contributed by atoms with E-state index in [1.807, 2.05) is 44.2 Å². The van der Waals surface area contributed by atoms with E-state index in [9.17, 15) is 13.2 Å². The van der Waals surface area contributed by atoms with Gasteiger partial charge in [-0.05, 0) is 48.6 Å². The third-order valence-electron chi connectivity index (χ3n) is 4.69. The molecule has 0 atom stereocenters. The van der Waals surface area contributed by atoms with E-state index in [1.54, 1.807) is 40.6 Å². The third kappa shape index (κ3) is 5.05. The first-order valence-electron chi connectivity index (χ1n) is 9.47. The topological polar surface area (TPSA) is 66.5 Å². The number of carbonyl (C=O) groups excluding carboxylic acids is 1. The fraction of sp³-hybridized carbons (Fsp3) is 0.227. The molecule has 1 N–H and O–H groups in total. The first kappa shape index (κ1) is 21.1. The number of anilines is 1. The standard InChI is InChI=1S/C22H24N2O3S2/c1-3-24(4-2)22(25)16-21-20(14-15-28-21)23-29(26,27)19-12-10-18(11-13-19)17-8-6-5-7-9-17/h5-15,23H,3-4,16H2,1-2H3. The Labute approximate surface area is 176 Å². The number of sulfonamides is 1. The van der Waals surface area contributed by atoms with Crippen molar-refractivity contribution in [1.82, 2.24) is 4.90 Å². The molecule has 1 heterocycles. The van der Waals surface area contributed by atoms with Crippen molar-refractivity contribution in [2.75, 3.05) is 17.8 Å². The molecule has 0 aliphatic rings. The molecule has 29 heavy (non-hydrogen) atoms. The summed E-state index contributed by atoms with van der Waals surface area (Å²) in [6, 6.07) is 18.3. The normalized spacial score (nSPS) is 11.2. The molecule has 152 valence electrons. The molecule has 0 radical (unpaired) electrons. The predicted molar refractivity (Wildman–Crippen MR) is 119 cm³/mol. The number of amides is 1. The fourth-order valence-electron chi connectivity index (χ4n) is 3.05. The van der Waals surface area contributed by atoms with Gasteiger partial charge in [0.15, 0.2) is 0 Å². The minimum Gasteiger partial charge on any atom is -0.343 e. The molecule has 1 amide bonds. The number of rotatable bonds is 8. The van der Waals surface area contributed by atoms with Crippen LogP contribution in [-0.2, 0) is 21.2 Å². The molecular formula is C22H24N2O3S2. The van der Waals surface area contributed by atoms with Crippen LogP contribution in [-0.4, -0.2) is 32.3 Å². The van der Waals surface area contributed by atoms with Gasteiger partial charge in [0.25, 0.3) is 10.0 Å². The first-order chi connectivity index (χ1) is 13.9. The number of hydrogen-bond donors (Lipinski definition) is 1. The van der Waals surface area contributed by atoms with Crippen molar-refractivity contribution in [3.05, 3.63) is 70.9 Å². The van der Waals surface area contributed by atoms with E-state index >= 15 is 0 Å². The van der Waals surface area contributed by atoms with Gasteiger partial charge in [0.05, 0.1) is 17.0 Å². The lowest BCUT2D eigenvalue weighted by Gasteiger charge is -2.18. The summed E-state index contributed by atoms with van der Waals surface area (Å²) >= 11 is 1.38. The molecule has 2 aromatic carbocycles. The highest BCUT2D eigenvalue weighted by molar-refractivity contribution is 7.92. The Hall–Kier alpha value is -2.64. The average molecular weight is 429 g/mol. The van der Waals surface area contributed by atoms with Crippen LogP contribution < -0.4 is 4.72 Å². The van der Waals surface area contributed by atoms with Gasteiger partial charge in [0.1, 0.15) is 0 Å². The van der Waals surface area contributed by atoms with E-state index in [4.69, 9.17) is 0 Å². The Kier molecular flexibility index (Phi) is 6.71.